The maximum absolute atomic E-state index is 5.94. The van der Waals surface area contributed by atoms with E-state index in [9.17, 15) is 0 Å². The van der Waals surface area contributed by atoms with Crippen LogP contribution >= 0.6 is 0 Å². The molecule has 3 unspecified atom stereocenters. The second kappa shape index (κ2) is 6.10. The average Bonchev–Trinajstić information content (AvgIpc) is 3.20. The summed E-state index contributed by atoms with van der Waals surface area (Å²) >= 11 is 0. The molecule has 1 aliphatic carbocycles. The summed E-state index contributed by atoms with van der Waals surface area (Å²) in [4.78, 5) is 0. The molecule has 1 aliphatic heterocycles. The summed E-state index contributed by atoms with van der Waals surface area (Å²) < 4.78 is 5.94. The molecule has 116 valence electrons. The second-order valence-corrected chi connectivity index (χ2v) is 7.59. The van der Waals surface area contributed by atoms with Gasteiger partial charge in [-0.2, -0.15) is 0 Å². The smallest absolute Gasteiger partial charge is 0.0757 e. The van der Waals surface area contributed by atoms with Gasteiger partial charge in [0.15, 0.2) is 0 Å². The van der Waals surface area contributed by atoms with Crippen LogP contribution in [-0.4, -0.2) is 24.8 Å². The van der Waals surface area contributed by atoms with E-state index in [0.29, 0.717) is 18.2 Å². The van der Waals surface area contributed by atoms with Crippen LogP contribution in [0.1, 0.15) is 52.0 Å². The van der Waals surface area contributed by atoms with Crippen molar-refractivity contribution in [1.29, 1.82) is 0 Å². The lowest BCUT2D eigenvalue weighted by Crippen LogP contribution is -2.44. The van der Waals surface area contributed by atoms with Gasteiger partial charge in [-0.25, -0.2) is 0 Å². The number of benzene rings is 1. The van der Waals surface area contributed by atoms with Gasteiger partial charge in [0, 0.05) is 18.7 Å². The minimum absolute atomic E-state index is 0.211. The Morgan fingerprint density at radius 2 is 1.90 bits per heavy atom. The van der Waals surface area contributed by atoms with E-state index in [1.54, 1.807) is 0 Å². The highest BCUT2D eigenvalue weighted by Gasteiger charge is 2.41. The van der Waals surface area contributed by atoms with Gasteiger partial charge in [-0.1, -0.05) is 44.2 Å². The molecule has 21 heavy (non-hydrogen) atoms. The molecule has 1 saturated carbocycles. The lowest BCUT2D eigenvalue weighted by molar-refractivity contribution is 0.0785. The van der Waals surface area contributed by atoms with Gasteiger partial charge in [0.05, 0.1) is 6.10 Å². The Morgan fingerprint density at radius 3 is 2.57 bits per heavy atom. The molecule has 3 atom stereocenters. The van der Waals surface area contributed by atoms with Crippen LogP contribution in [0.25, 0.3) is 0 Å². The van der Waals surface area contributed by atoms with E-state index < -0.39 is 0 Å². The lowest BCUT2D eigenvalue weighted by atomic mass is 9.79. The van der Waals surface area contributed by atoms with E-state index in [2.05, 4.69) is 56.4 Å². The van der Waals surface area contributed by atoms with E-state index in [0.717, 1.165) is 18.9 Å². The molecule has 1 aromatic rings. The van der Waals surface area contributed by atoms with Gasteiger partial charge >= 0.3 is 0 Å². The zero-order valence-corrected chi connectivity index (χ0v) is 13.6. The third-order valence-corrected chi connectivity index (χ3v) is 5.09. The highest BCUT2D eigenvalue weighted by Crippen LogP contribution is 2.39. The third-order valence-electron chi connectivity index (χ3n) is 5.09. The predicted molar refractivity (Wildman–Crippen MR) is 87.6 cm³/mol. The summed E-state index contributed by atoms with van der Waals surface area (Å²) in [6.07, 6.45) is 5.55. The highest BCUT2D eigenvalue weighted by atomic mass is 16.5. The van der Waals surface area contributed by atoms with Crippen molar-refractivity contribution in [1.82, 2.24) is 5.32 Å². The maximum Gasteiger partial charge on any atom is 0.0757 e. The number of rotatable bonds is 6. The molecule has 0 spiro atoms. The van der Waals surface area contributed by atoms with Gasteiger partial charge in [-0.05, 0) is 49.5 Å². The van der Waals surface area contributed by atoms with Crippen molar-refractivity contribution in [3.63, 3.8) is 0 Å². The van der Waals surface area contributed by atoms with Crippen molar-refractivity contribution in [2.75, 3.05) is 6.61 Å². The minimum atomic E-state index is 0.211. The molecule has 1 heterocycles. The van der Waals surface area contributed by atoms with E-state index in [-0.39, 0.29) is 5.41 Å². The third kappa shape index (κ3) is 3.67. The van der Waals surface area contributed by atoms with Crippen LogP contribution in [0.15, 0.2) is 30.3 Å². The zero-order valence-electron chi connectivity index (χ0n) is 13.6. The average molecular weight is 287 g/mol. The Hall–Kier alpha value is -0.860. The summed E-state index contributed by atoms with van der Waals surface area (Å²) in [6.45, 7) is 7.97. The fourth-order valence-electron chi connectivity index (χ4n) is 3.88. The van der Waals surface area contributed by atoms with Crippen LogP contribution in [0.3, 0.4) is 0 Å². The summed E-state index contributed by atoms with van der Waals surface area (Å²) in [5.74, 6) is 0.833. The molecule has 0 amide bonds. The standard InChI is InChI=1S/C19H29NO/c1-14(13-19(2,3)16-7-5-4-6-8-16)20-17-11-12-21-18(17)15-9-10-15/h4-8,14-15,17-18,20H,9-13H2,1-3H3. The molecule has 1 saturated heterocycles. The molecule has 0 bridgehead atoms. The fourth-order valence-corrected chi connectivity index (χ4v) is 3.88. The van der Waals surface area contributed by atoms with Gasteiger partial charge in [0.25, 0.3) is 0 Å². The summed E-state index contributed by atoms with van der Waals surface area (Å²) in [5.41, 5.74) is 1.64. The van der Waals surface area contributed by atoms with Gasteiger partial charge in [0.2, 0.25) is 0 Å². The summed E-state index contributed by atoms with van der Waals surface area (Å²) in [5, 5.41) is 3.85. The molecular formula is C19H29NO. The van der Waals surface area contributed by atoms with E-state index in [4.69, 9.17) is 4.74 Å². The molecule has 2 nitrogen and oxygen atoms in total. The number of ether oxygens (including phenoxy) is 1. The summed E-state index contributed by atoms with van der Waals surface area (Å²) in [6, 6.07) is 12.0. The van der Waals surface area contributed by atoms with E-state index in [1.807, 2.05) is 0 Å². The Labute approximate surface area is 129 Å². The fraction of sp³-hybridized carbons (Fsp3) is 0.684. The number of nitrogens with one attached hydrogen (secondary N) is 1. The van der Waals surface area contributed by atoms with Crippen LogP contribution in [0, 0.1) is 5.92 Å². The van der Waals surface area contributed by atoms with Crippen LogP contribution in [0.2, 0.25) is 0 Å². The first-order valence-corrected chi connectivity index (χ1v) is 8.49. The van der Waals surface area contributed by atoms with Crippen molar-refractivity contribution in [3.05, 3.63) is 35.9 Å². The number of hydrogen-bond acceptors (Lipinski definition) is 2. The van der Waals surface area contributed by atoms with Gasteiger partial charge in [-0.15, -0.1) is 0 Å². The second-order valence-electron chi connectivity index (χ2n) is 7.59. The van der Waals surface area contributed by atoms with Crippen molar-refractivity contribution in [2.24, 2.45) is 5.92 Å². The topological polar surface area (TPSA) is 21.3 Å². The molecular weight excluding hydrogens is 258 g/mol. The van der Waals surface area contributed by atoms with Crippen molar-refractivity contribution < 1.29 is 4.74 Å². The van der Waals surface area contributed by atoms with E-state index in [1.165, 1.54) is 24.8 Å². The zero-order chi connectivity index (χ0) is 14.9. The Balaban J connectivity index is 1.57. The predicted octanol–water partition coefficient (Wildman–Crippen LogP) is 3.90. The SMILES string of the molecule is CC(CC(C)(C)c1ccccc1)NC1CCOC1C1CC1. The van der Waals surface area contributed by atoms with Gasteiger partial charge in [-0.3, -0.25) is 0 Å². The quantitative estimate of drug-likeness (QED) is 0.857. The van der Waals surface area contributed by atoms with Crippen LogP contribution < -0.4 is 5.32 Å². The first-order valence-electron chi connectivity index (χ1n) is 8.49. The maximum atomic E-state index is 5.94. The molecule has 1 N–H and O–H groups in total. The van der Waals surface area contributed by atoms with Gasteiger partial charge < -0.3 is 10.1 Å². The largest absolute Gasteiger partial charge is 0.376 e. The molecule has 3 rings (SSSR count). The first-order chi connectivity index (χ1) is 10.1. The Morgan fingerprint density at radius 1 is 1.19 bits per heavy atom. The van der Waals surface area contributed by atoms with Crippen LogP contribution in [0.4, 0.5) is 0 Å². The normalized spacial score (nSPS) is 27.8. The molecule has 0 aromatic heterocycles. The Kier molecular flexibility index (Phi) is 4.37. The van der Waals surface area contributed by atoms with Crippen molar-refractivity contribution in [2.45, 2.75) is 70.1 Å². The lowest BCUT2D eigenvalue weighted by Gasteiger charge is -2.31. The van der Waals surface area contributed by atoms with E-state index >= 15 is 0 Å². The minimum Gasteiger partial charge on any atom is -0.376 e. The molecule has 1 aromatic carbocycles. The number of hydrogen-bond donors (Lipinski definition) is 1. The van der Waals surface area contributed by atoms with Crippen LogP contribution in [0.5, 0.6) is 0 Å². The van der Waals surface area contributed by atoms with Crippen LogP contribution in [-0.2, 0) is 10.2 Å². The van der Waals surface area contributed by atoms with Crippen molar-refractivity contribution in [3.8, 4) is 0 Å². The monoisotopic (exact) mass is 287 g/mol. The van der Waals surface area contributed by atoms with Gasteiger partial charge in [0.1, 0.15) is 0 Å². The molecule has 2 aliphatic rings. The Bertz CT molecular complexity index is 452. The molecule has 2 fully saturated rings. The molecule has 0 radical (unpaired) electrons. The molecule has 2 heteroatoms. The highest BCUT2D eigenvalue weighted by molar-refractivity contribution is 5.23. The first kappa shape index (κ1) is 15.1. The van der Waals surface area contributed by atoms with Crippen molar-refractivity contribution >= 4 is 0 Å². The summed E-state index contributed by atoms with van der Waals surface area (Å²) in [7, 11) is 0.